The van der Waals surface area contributed by atoms with E-state index < -0.39 is 52.0 Å². The average Bonchev–Trinajstić information content (AvgIpc) is 3.61. The standard InChI is InChI=1S/C28H36N8O9S2/c1-28(2)20(25(38)36(28)45-47(41,42)43)12-22(37)24(21-16-46-27(30)31-21)32-44-23(26(39)40)15-33(3)19-8-6-17(7-9-19)18-13-34(4)35(14-18)11-5-10-29/h6-9,13-14,16,20,23H,5,10-12,15,29H2,1-4H3,(H3-,30,31,39,40,41,42,43)/p+1/b32-24-/t20-,23?/m1/s1. The van der Waals surface area contributed by atoms with Crippen LogP contribution in [0.2, 0.25) is 0 Å². The molecule has 0 bridgehead atoms. The van der Waals surface area contributed by atoms with Gasteiger partial charge in [0.05, 0.1) is 36.3 Å². The van der Waals surface area contributed by atoms with Gasteiger partial charge in [-0.3, -0.25) is 14.1 Å². The van der Waals surface area contributed by atoms with E-state index in [1.807, 2.05) is 48.4 Å². The summed E-state index contributed by atoms with van der Waals surface area (Å²) in [7, 11) is -1.36. The number of aryl methyl sites for hydroxylation is 2. The fourth-order valence-corrected chi connectivity index (χ4v) is 6.01. The zero-order valence-electron chi connectivity index (χ0n) is 26.1. The normalized spacial score (nSPS) is 16.9. The van der Waals surface area contributed by atoms with Gasteiger partial charge in [-0.1, -0.05) is 17.3 Å². The van der Waals surface area contributed by atoms with Crippen molar-refractivity contribution in [3.63, 3.8) is 0 Å². The van der Waals surface area contributed by atoms with E-state index in [2.05, 4.69) is 19.1 Å². The maximum atomic E-state index is 13.4. The Morgan fingerprint density at radius 2 is 1.94 bits per heavy atom. The van der Waals surface area contributed by atoms with Crippen LogP contribution >= 0.6 is 11.3 Å². The van der Waals surface area contributed by atoms with Crippen molar-refractivity contribution >= 4 is 55.9 Å². The van der Waals surface area contributed by atoms with Crippen LogP contribution < -0.4 is 21.0 Å². The summed E-state index contributed by atoms with van der Waals surface area (Å²) >= 11 is 1.01. The molecular weight excluding hydrogens is 656 g/mol. The average molecular weight is 694 g/mol. The van der Waals surface area contributed by atoms with Crippen LogP contribution in [0.5, 0.6) is 0 Å². The molecular formula is C28H37N8O9S2+. The second-order valence-corrected chi connectivity index (χ2v) is 13.3. The first-order valence-corrected chi connectivity index (χ1v) is 16.6. The van der Waals surface area contributed by atoms with Gasteiger partial charge in [-0.25, -0.2) is 9.78 Å². The summed E-state index contributed by atoms with van der Waals surface area (Å²) in [4.78, 5) is 49.3. The SMILES string of the molecule is CN(CC(O/N=C(\C(=O)C[C@@H]1C(=O)N(OS(=O)(=O)O)C1(C)C)c1csc(N)n1)C(=O)O)c1ccc(-c2cn(CCCN)[n+](C)c2)cc1. The summed E-state index contributed by atoms with van der Waals surface area (Å²) in [5.41, 5.74) is 12.4. The highest BCUT2D eigenvalue weighted by Gasteiger charge is 2.57. The summed E-state index contributed by atoms with van der Waals surface area (Å²) < 4.78 is 39.6. The van der Waals surface area contributed by atoms with Crippen LogP contribution in [-0.2, 0) is 47.5 Å². The number of Topliss-reactive ketones (excluding diaryl/α,β-unsaturated/α-hetero) is 1. The molecule has 0 saturated carbocycles. The van der Waals surface area contributed by atoms with Crippen molar-refractivity contribution in [2.45, 2.75) is 44.9 Å². The lowest BCUT2D eigenvalue weighted by molar-refractivity contribution is -0.753. The molecule has 19 heteroatoms. The molecule has 0 radical (unpaired) electrons. The number of rotatable bonds is 16. The maximum absolute atomic E-state index is 13.4. The van der Waals surface area contributed by atoms with Gasteiger partial charge in [-0.05, 0) is 44.5 Å². The number of thiazole rings is 1. The third-order valence-electron chi connectivity index (χ3n) is 7.70. The minimum absolute atomic E-state index is 0.00598. The van der Waals surface area contributed by atoms with Crippen LogP contribution in [0.4, 0.5) is 10.8 Å². The predicted molar refractivity (Wildman–Crippen MR) is 170 cm³/mol. The number of hydrogen-bond donors (Lipinski definition) is 4. The monoisotopic (exact) mass is 693 g/mol. The number of carbonyl (C=O) groups is 3. The van der Waals surface area contributed by atoms with Crippen molar-refractivity contribution in [1.29, 1.82) is 0 Å². The van der Waals surface area contributed by atoms with E-state index in [1.54, 1.807) is 11.9 Å². The summed E-state index contributed by atoms with van der Waals surface area (Å²) in [6.07, 6.45) is 2.88. The predicted octanol–water partition coefficient (Wildman–Crippen LogP) is 0.608. The Morgan fingerprint density at radius 1 is 1.26 bits per heavy atom. The highest BCUT2D eigenvalue weighted by molar-refractivity contribution is 7.80. The minimum atomic E-state index is -4.98. The molecule has 1 aliphatic heterocycles. The molecule has 3 aromatic rings. The lowest BCUT2D eigenvalue weighted by Crippen LogP contribution is -2.68. The highest BCUT2D eigenvalue weighted by atomic mass is 32.3. The number of nitrogens with two attached hydrogens (primary N) is 2. The topological polar surface area (TPSA) is 237 Å². The molecule has 17 nitrogen and oxygen atoms in total. The Labute approximate surface area is 274 Å². The first kappa shape index (κ1) is 35.4. The fourth-order valence-electron chi connectivity index (χ4n) is 5.01. The van der Waals surface area contributed by atoms with E-state index in [1.165, 1.54) is 19.2 Å². The fraction of sp³-hybridized carbons (Fsp3) is 0.429. The van der Waals surface area contributed by atoms with Crippen molar-refractivity contribution in [3.05, 3.63) is 47.7 Å². The molecule has 1 unspecified atom stereocenters. The highest BCUT2D eigenvalue weighted by Crippen LogP contribution is 2.40. The van der Waals surface area contributed by atoms with E-state index >= 15 is 0 Å². The van der Waals surface area contributed by atoms with Crippen LogP contribution in [0.1, 0.15) is 32.4 Å². The molecule has 1 saturated heterocycles. The number of amides is 1. The molecule has 254 valence electrons. The Kier molecular flexibility index (Phi) is 10.7. The van der Waals surface area contributed by atoms with Crippen molar-refractivity contribution in [3.8, 4) is 11.1 Å². The van der Waals surface area contributed by atoms with Gasteiger partial charge < -0.3 is 26.3 Å². The molecule has 3 heterocycles. The largest absolute Gasteiger partial charge is 0.478 e. The van der Waals surface area contributed by atoms with E-state index in [0.717, 1.165) is 35.4 Å². The summed E-state index contributed by atoms with van der Waals surface area (Å²) in [6, 6.07) is 7.51. The Balaban J connectivity index is 1.48. The smallest absolute Gasteiger partial charge is 0.418 e. The van der Waals surface area contributed by atoms with Gasteiger partial charge in [0, 0.05) is 24.5 Å². The number of aromatic nitrogens is 3. The quantitative estimate of drug-likeness (QED) is 0.0530. The number of ketones is 1. The lowest BCUT2D eigenvalue weighted by Gasteiger charge is -2.50. The van der Waals surface area contributed by atoms with Gasteiger partial charge in [0.2, 0.25) is 12.3 Å². The van der Waals surface area contributed by atoms with Gasteiger partial charge in [-0.2, -0.15) is 18.2 Å². The number of aliphatic carboxylic acids is 1. The number of hydrogen-bond acceptors (Lipinski definition) is 13. The maximum Gasteiger partial charge on any atom is 0.418 e. The minimum Gasteiger partial charge on any atom is -0.478 e. The number of oxime groups is 1. The Morgan fingerprint density at radius 3 is 2.49 bits per heavy atom. The van der Waals surface area contributed by atoms with Gasteiger partial charge in [0.1, 0.15) is 5.69 Å². The number of anilines is 2. The first-order valence-electron chi connectivity index (χ1n) is 14.3. The van der Waals surface area contributed by atoms with Crippen molar-refractivity contribution in [1.82, 2.24) is 14.7 Å². The number of likely N-dealkylation sites (N-methyl/N-ethyl adjacent to an activating group) is 1. The van der Waals surface area contributed by atoms with Gasteiger partial charge >= 0.3 is 16.4 Å². The number of benzene rings is 1. The number of carboxylic acid groups (broad SMARTS) is 1. The van der Waals surface area contributed by atoms with E-state index in [-0.39, 0.29) is 23.1 Å². The zero-order chi connectivity index (χ0) is 34.7. The number of β-lactam (4-membered cyclic amide) rings is 1. The third kappa shape index (κ3) is 8.30. The van der Waals surface area contributed by atoms with Crippen LogP contribution in [-0.4, -0.2) is 88.0 Å². The Hall–Kier alpha value is -4.43. The number of nitrogen functional groups attached to an aromatic ring is 1. The summed E-state index contributed by atoms with van der Waals surface area (Å²) in [5.74, 6) is -4.02. The molecule has 2 aromatic heterocycles. The number of nitrogens with zero attached hydrogens (tertiary/aromatic N) is 6. The summed E-state index contributed by atoms with van der Waals surface area (Å²) in [5, 5.41) is 15.8. The molecule has 6 N–H and O–H groups in total. The number of carbonyl (C=O) groups excluding carboxylic acids is 2. The van der Waals surface area contributed by atoms with Crippen LogP contribution in [0.15, 0.2) is 47.2 Å². The molecule has 1 fully saturated rings. The first-order chi connectivity index (χ1) is 22.0. The van der Waals surface area contributed by atoms with E-state index in [9.17, 15) is 27.9 Å². The van der Waals surface area contributed by atoms with Gasteiger partial charge in [0.15, 0.2) is 23.7 Å². The molecule has 4 rings (SSSR count). The van der Waals surface area contributed by atoms with Crippen LogP contribution in [0.25, 0.3) is 11.1 Å². The van der Waals surface area contributed by atoms with E-state index in [4.69, 9.17) is 20.9 Å². The second kappa shape index (κ2) is 14.1. The molecule has 1 aromatic carbocycles. The lowest BCUT2D eigenvalue weighted by atomic mass is 9.74. The van der Waals surface area contributed by atoms with E-state index in [0.29, 0.717) is 17.3 Å². The van der Waals surface area contributed by atoms with Crippen molar-refractivity contribution in [2.24, 2.45) is 23.9 Å². The van der Waals surface area contributed by atoms with Crippen molar-refractivity contribution in [2.75, 3.05) is 30.8 Å². The molecule has 2 atom stereocenters. The number of hydroxylamine groups is 2. The molecule has 1 aliphatic rings. The number of carboxylic acids is 1. The Bertz CT molecular complexity index is 1770. The van der Waals surface area contributed by atoms with Gasteiger partial charge in [0.25, 0.3) is 5.91 Å². The summed E-state index contributed by atoms with van der Waals surface area (Å²) in [6.45, 7) is 4.10. The zero-order valence-corrected chi connectivity index (χ0v) is 27.8. The molecule has 47 heavy (non-hydrogen) atoms. The van der Waals surface area contributed by atoms with Crippen LogP contribution in [0.3, 0.4) is 0 Å². The molecule has 1 amide bonds. The molecule has 0 spiro atoms. The van der Waals surface area contributed by atoms with Gasteiger partial charge in [-0.15, -0.1) is 20.3 Å². The molecule has 0 aliphatic carbocycles. The third-order valence-corrected chi connectivity index (χ3v) is 8.71. The van der Waals surface area contributed by atoms with Crippen molar-refractivity contribution < 1.29 is 46.3 Å². The van der Waals surface area contributed by atoms with Crippen LogP contribution in [0, 0.1) is 5.92 Å². The second-order valence-electron chi connectivity index (χ2n) is 11.4.